The molecule has 12 heteroatoms. The van der Waals surface area contributed by atoms with E-state index in [1.54, 1.807) is 0 Å². The SMILES string of the molecule is O=C(O[C@@H](Cc1c(Cl)c[n+]([O-])cc1Cl)c1ccc(OC(F)F)c(OCC2CC2)c1)[C@H]1CNCCO1. The molecule has 190 valence electrons. The number of esters is 1. The van der Waals surface area contributed by atoms with Crippen LogP contribution in [0.1, 0.15) is 30.1 Å². The highest BCUT2D eigenvalue weighted by Gasteiger charge is 2.30. The van der Waals surface area contributed by atoms with Gasteiger partial charge in [0.1, 0.15) is 16.1 Å². The van der Waals surface area contributed by atoms with Crippen LogP contribution in [0.5, 0.6) is 11.5 Å². The van der Waals surface area contributed by atoms with Crippen molar-refractivity contribution in [1.29, 1.82) is 0 Å². The number of hydrogen-bond donors (Lipinski definition) is 1. The molecule has 0 radical (unpaired) electrons. The summed E-state index contributed by atoms with van der Waals surface area (Å²) in [4.78, 5) is 12.9. The molecule has 2 atom stereocenters. The van der Waals surface area contributed by atoms with E-state index in [1.165, 1.54) is 18.2 Å². The molecular weight excluding hydrogens is 509 g/mol. The molecule has 0 amide bonds. The maximum absolute atomic E-state index is 12.9. The number of aromatic nitrogens is 1. The van der Waals surface area contributed by atoms with Gasteiger partial charge in [0.15, 0.2) is 30.0 Å². The summed E-state index contributed by atoms with van der Waals surface area (Å²) in [6, 6.07) is 4.33. The van der Waals surface area contributed by atoms with Crippen molar-refractivity contribution >= 4 is 29.2 Å². The first-order chi connectivity index (χ1) is 16.8. The number of rotatable bonds is 10. The molecule has 2 aliphatic rings. The van der Waals surface area contributed by atoms with E-state index in [9.17, 15) is 18.8 Å². The monoisotopic (exact) mass is 532 g/mol. The smallest absolute Gasteiger partial charge is 0.387 e. The van der Waals surface area contributed by atoms with Crippen molar-refractivity contribution in [2.75, 3.05) is 26.3 Å². The lowest BCUT2D eigenvalue weighted by Crippen LogP contribution is -2.44. The highest BCUT2D eigenvalue weighted by Crippen LogP contribution is 2.38. The third-order valence-electron chi connectivity index (χ3n) is 5.62. The van der Waals surface area contributed by atoms with Crippen LogP contribution in [-0.2, 0) is 20.7 Å². The Balaban J connectivity index is 1.64. The Labute approximate surface area is 210 Å². The second kappa shape index (κ2) is 11.6. The van der Waals surface area contributed by atoms with Crippen LogP contribution in [0.4, 0.5) is 8.78 Å². The molecule has 0 bridgehead atoms. The van der Waals surface area contributed by atoms with E-state index in [-0.39, 0.29) is 34.5 Å². The quantitative estimate of drug-likeness (QED) is 0.282. The summed E-state index contributed by atoms with van der Waals surface area (Å²) < 4.78 is 48.0. The van der Waals surface area contributed by atoms with Crippen molar-refractivity contribution in [3.63, 3.8) is 0 Å². The van der Waals surface area contributed by atoms with Crippen molar-refractivity contribution in [3.8, 4) is 11.5 Å². The lowest BCUT2D eigenvalue weighted by molar-refractivity contribution is -0.605. The number of ether oxygens (including phenoxy) is 4. The Morgan fingerprint density at radius 1 is 1.23 bits per heavy atom. The minimum Gasteiger partial charge on any atom is -0.619 e. The molecule has 2 fully saturated rings. The molecule has 1 aromatic heterocycles. The molecule has 4 rings (SSSR count). The Hall–Kier alpha value is -2.40. The van der Waals surface area contributed by atoms with E-state index in [1.807, 2.05) is 0 Å². The average molecular weight is 533 g/mol. The number of pyridine rings is 1. The largest absolute Gasteiger partial charge is 0.619 e. The molecule has 1 aliphatic carbocycles. The summed E-state index contributed by atoms with van der Waals surface area (Å²) in [5.74, 6) is -0.271. The third kappa shape index (κ3) is 7.07. The van der Waals surface area contributed by atoms with Gasteiger partial charge in [-0.2, -0.15) is 13.5 Å². The zero-order chi connectivity index (χ0) is 24.9. The van der Waals surface area contributed by atoms with Crippen molar-refractivity contribution in [3.05, 3.63) is 57.0 Å². The number of nitrogens with one attached hydrogen (secondary N) is 1. The summed E-state index contributed by atoms with van der Waals surface area (Å²) in [5.41, 5.74) is 0.829. The van der Waals surface area contributed by atoms with Crippen LogP contribution in [0.25, 0.3) is 0 Å². The van der Waals surface area contributed by atoms with Gasteiger partial charge in [-0.15, -0.1) is 0 Å². The van der Waals surface area contributed by atoms with E-state index < -0.39 is 24.8 Å². The average Bonchev–Trinajstić information content (AvgIpc) is 3.64. The standard InChI is InChI=1S/C23H24Cl2F2N2O6/c24-16-10-29(31)11-17(25)15(16)8-19(34-22(30)21-9-28-5-6-32-21)14-3-4-18(35-23(26)27)20(7-14)33-12-13-1-2-13/h3-4,7,10-11,13,19,21,23,28H,1-2,5-6,8-9,12H2/t19-,21+/m0/s1. The second-order valence-electron chi connectivity index (χ2n) is 8.32. The number of carbonyl (C=O) groups is 1. The molecule has 1 N–H and O–H groups in total. The van der Waals surface area contributed by atoms with Crippen LogP contribution in [0.15, 0.2) is 30.6 Å². The minimum atomic E-state index is -3.03. The van der Waals surface area contributed by atoms with Gasteiger partial charge in [-0.1, -0.05) is 29.3 Å². The van der Waals surface area contributed by atoms with Crippen molar-refractivity contribution < 1.29 is 37.3 Å². The van der Waals surface area contributed by atoms with E-state index >= 15 is 0 Å². The fraction of sp³-hybridized carbons (Fsp3) is 0.478. The van der Waals surface area contributed by atoms with Gasteiger partial charge in [-0.05, 0) is 36.5 Å². The maximum atomic E-state index is 12.9. The lowest BCUT2D eigenvalue weighted by Gasteiger charge is -2.26. The summed E-state index contributed by atoms with van der Waals surface area (Å²) in [7, 11) is 0. The molecule has 1 saturated carbocycles. The van der Waals surface area contributed by atoms with Crippen LogP contribution in [0.2, 0.25) is 10.0 Å². The first-order valence-corrected chi connectivity index (χ1v) is 11.9. The number of alkyl halides is 2. The molecule has 35 heavy (non-hydrogen) atoms. The normalized spacial score (nSPS) is 18.8. The molecule has 8 nitrogen and oxygen atoms in total. The summed E-state index contributed by atoms with van der Waals surface area (Å²) >= 11 is 12.5. The molecule has 1 aliphatic heterocycles. The van der Waals surface area contributed by atoms with Gasteiger partial charge in [-0.3, -0.25) is 0 Å². The molecule has 1 aromatic carbocycles. The van der Waals surface area contributed by atoms with Crippen LogP contribution < -0.4 is 19.5 Å². The maximum Gasteiger partial charge on any atom is 0.387 e. The van der Waals surface area contributed by atoms with Crippen molar-refractivity contribution in [1.82, 2.24) is 5.32 Å². The Bertz CT molecular complexity index is 1030. The molecule has 0 unspecified atom stereocenters. The van der Waals surface area contributed by atoms with Crippen LogP contribution in [0, 0.1) is 11.1 Å². The van der Waals surface area contributed by atoms with E-state index in [4.69, 9.17) is 37.4 Å². The molecule has 2 aromatic rings. The Kier molecular flexibility index (Phi) is 8.48. The van der Waals surface area contributed by atoms with E-state index in [2.05, 4.69) is 10.1 Å². The lowest BCUT2D eigenvalue weighted by atomic mass is 10.0. The van der Waals surface area contributed by atoms with Gasteiger partial charge in [0.05, 0.1) is 13.2 Å². The van der Waals surface area contributed by atoms with Crippen LogP contribution in [-0.4, -0.2) is 45.0 Å². The topological polar surface area (TPSA) is 93.0 Å². The summed E-state index contributed by atoms with van der Waals surface area (Å²) in [6.45, 7) is -1.43. The van der Waals surface area contributed by atoms with Crippen LogP contribution >= 0.6 is 23.2 Å². The van der Waals surface area contributed by atoms with E-state index in [0.29, 0.717) is 41.5 Å². The summed E-state index contributed by atoms with van der Waals surface area (Å²) in [5, 5.41) is 14.9. The van der Waals surface area contributed by atoms with Gasteiger partial charge in [0, 0.05) is 25.1 Å². The van der Waals surface area contributed by atoms with E-state index in [0.717, 1.165) is 25.2 Å². The fourth-order valence-electron chi connectivity index (χ4n) is 3.59. The third-order valence-corrected chi connectivity index (χ3v) is 6.27. The highest BCUT2D eigenvalue weighted by molar-refractivity contribution is 6.35. The van der Waals surface area contributed by atoms with Gasteiger partial charge in [-0.25, -0.2) is 4.79 Å². The molecule has 1 saturated heterocycles. The first-order valence-electron chi connectivity index (χ1n) is 11.1. The minimum absolute atomic E-state index is 0.0154. The predicted molar refractivity (Wildman–Crippen MR) is 122 cm³/mol. The summed E-state index contributed by atoms with van der Waals surface area (Å²) in [6.07, 6.45) is 2.55. The molecular formula is C23H24Cl2F2N2O6. The second-order valence-corrected chi connectivity index (χ2v) is 9.14. The number of nitrogens with zero attached hydrogens (tertiary/aromatic N) is 1. The van der Waals surface area contributed by atoms with Crippen molar-refractivity contribution in [2.24, 2.45) is 5.92 Å². The molecule has 2 heterocycles. The Morgan fingerprint density at radius 3 is 2.60 bits per heavy atom. The Morgan fingerprint density at radius 2 is 1.97 bits per heavy atom. The molecule has 0 spiro atoms. The number of hydrogen-bond acceptors (Lipinski definition) is 7. The van der Waals surface area contributed by atoms with Crippen molar-refractivity contribution in [2.45, 2.75) is 38.1 Å². The van der Waals surface area contributed by atoms with Crippen LogP contribution in [0.3, 0.4) is 0 Å². The number of morpholine rings is 1. The zero-order valence-corrected chi connectivity index (χ0v) is 20.1. The predicted octanol–water partition coefficient (Wildman–Crippen LogP) is 3.83. The number of benzene rings is 1. The van der Waals surface area contributed by atoms with Gasteiger partial charge in [0.25, 0.3) is 0 Å². The number of halogens is 4. The first kappa shape index (κ1) is 25.7. The van der Waals surface area contributed by atoms with Gasteiger partial charge < -0.3 is 29.5 Å². The van der Waals surface area contributed by atoms with Gasteiger partial charge >= 0.3 is 12.6 Å². The number of carbonyl (C=O) groups excluding carboxylic acids is 1. The van der Waals surface area contributed by atoms with Gasteiger partial charge in [0.2, 0.25) is 0 Å². The zero-order valence-electron chi connectivity index (χ0n) is 18.6. The fourth-order valence-corrected chi connectivity index (χ4v) is 4.19. The highest BCUT2D eigenvalue weighted by atomic mass is 35.5.